The standard InChI is InChI=1S/C12H13BrO5/c1-18-11-7(9(14)5-6-13)3-2-4-8(11)10(15)12(16)17/h2-4,10,15H,5-6H2,1H3,(H,16,17). The number of para-hydroxylation sites is 1. The highest BCUT2D eigenvalue weighted by molar-refractivity contribution is 9.09. The van der Waals surface area contributed by atoms with Crippen LogP contribution in [0, 0.1) is 0 Å². The molecule has 0 aliphatic heterocycles. The number of hydrogen-bond donors (Lipinski definition) is 2. The molecule has 1 rings (SSSR count). The third kappa shape index (κ3) is 3.08. The molecule has 0 spiro atoms. The van der Waals surface area contributed by atoms with E-state index in [-0.39, 0.29) is 29.1 Å². The second-order valence-electron chi connectivity index (χ2n) is 3.53. The minimum absolute atomic E-state index is 0.0745. The van der Waals surface area contributed by atoms with Crippen molar-refractivity contribution in [1.82, 2.24) is 0 Å². The molecule has 6 heteroatoms. The van der Waals surface area contributed by atoms with Crippen molar-refractivity contribution in [1.29, 1.82) is 0 Å². The van der Waals surface area contributed by atoms with Gasteiger partial charge in [-0.1, -0.05) is 28.1 Å². The molecule has 0 heterocycles. The van der Waals surface area contributed by atoms with Crippen molar-refractivity contribution in [3.05, 3.63) is 29.3 Å². The summed E-state index contributed by atoms with van der Waals surface area (Å²) in [6, 6.07) is 4.48. The molecule has 0 fully saturated rings. The number of carbonyl (C=O) groups excluding carboxylic acids is 1. The van der Waals surface area contributed by atoms with E-state index in [4.69, 9.17) is 9.84 Å². The van der Waals surface area contributed by atoms with Crippen LogP contribution in [0.2, 0.25) is 0 Å². The highest BCUT2D eigenvalue weighted by atomic mass is 79.9. The van der Waals surface area contributed by atoms with Gasteiger partial charge in [-0.2, -0.15) is 0 Å². The molecule has 0 aliphatic carbocycles. The number of carbonyl (C=O) groups is 2. The molecule has 5 nitrogen and oxygen atoms in total. The largest absolute Gasteiger partial charge is 0.496 e. The lowest BCUT2D eigenvalue weighted by atomic mass is 10.0. The number of carboxylic acids is 1. The molecule has 2 N–H and O–H groups in total. The molecule has 1 atom stereocenters. The van der Waals surface area contributed by atoms with Crippen molar-refractivity contribution in [2.75, 3.05) is 12.4 Å². The third-order valence-corrected chi connectivity index (χ3v) is 2.80. The molecule has 0 aromatic heterocycles. The van der Waals surface area contributed by atoms with Gasteiger partial charge in [0.05, 0.1) is 12.7 Å². The molecule has 0 saturated carbocycles. The number of rotatable bonds is 6. The number of benzene rings is 1. The van der Waals surface area contributed by atoms with Crippen LogP contribution >= 0.6 is 15.9 Å². The number of ketones is 1. The Labute approximate surface area is 113 Å². The molecular formula is C12H13BrO5. The zero-order valence-electron chi connectivity index (χ0n) is 9.72. The fourth-order valence-electron chi connectivity index (χ4n) is 1.57. The maximum absolute atomic E-state index is 11.8. The summed E-state index contributed by atoms with van der Waals surface area (Å²) in [4.78, 5) is 22.6. The summed E-state index contributed by atoms with van der Waals surface area (Å²) in [7, 11) is 1.33. The Balaban J connectivity index is 3.26. The maximum Gasteiger partial charge on any atom is 0.337 e. The maximum atomic E-state index is 11.8. The van der Waals surface area contributed by atoms with Crippen LogP contribution in [0.25, 0.3) is 0 Å². The van der Waals surface area contributed by atoms with E-state index in [1.165, 1.54) is 19.2 Å². The number of hydrogen-bond acceptors (Lipinski definition) is 4. The number of aliphatic hydroxyl groups is 1. The first kappa shape index (κ1) is 14.7. The Bertz CT molecular complexity index is 458. The van der Waals surface area contributed by atoms with Gasteiger partial charge in [0, 0.05) is 17.3 Å². The van der Waals surface area contributed by atoms with Gasteiger partial charge in [0.2, 0.25) is 0 Å². The molecule has 0 amide bonds. The predicted molar refractivity (Wildman–Crippen MR) is 68.3 cm³/mol. The van der Waals surface area contributed by atoms with Crippen LogP contribution < -0.4 is 4.74 Å². The minimum Gasteiger partial charge on any atom is -0.496 e. The molecule has 18 heavy (non-hydrogen) atoms. The van der Waals surface area contributed by atoms with Gasteiger partial charge in [-0.05, 0) is 6.07 Å². The van der Waals surface area contributed by atoms with Crippen molar-refractivity contribution in [2.45, 2.75) is 12.5 Å². The van der Waals surface area contributed by atoms with E-state index in [0.717, 1.165) is 0 Å². The molecule has 0 radical (unpaired) electrons. The van der Waals surface area contributed by atoms with Gasteiger partial charge in [-0.3, -0.25) is 4.79 Å². The van der Waals surface area contributed by atoms with Crippen LogP contribution in [-0.2, 0) is 4.79 Å². The van der Waals surface area contributed by atoms with Gasteiger partial charge in [-0.25, -0.2) is 4.79 Å². The summed E-state index contributed by atoms with van der Waals surface area (Å²) in [6.45, 7) is 0. The number of methoxy groups -OCH3 is 1. The zero-order valence-corrected chi connectivity index (χ0v) is 11.3. The Morgan fingerprint density at radius 1 is 1.44 bits per heavy atom. The van der Waals surface area contributed by atoms with Crippen molar-refractivity contribution >= 4 is 27.7 Å². The lowest BCUT2D eigenvalue weighted by Crippen LogP contribution is -2.13. The average Bonchev–Trinajstić information content (AvgIpc) is 2.36. The first-order chi connectivity index (χ1) is 8.52. The summed E-state index contributed by atoms with van der Waals surface area (Å²) < 4.78 is 5.06. The Morgan fingerprint density at radius 3 is 2.61 bits per heavy atom. The van der Waals surface area contributed by atoms with Crippen LogP contribution in [0.15, 0.2) is 18.2 Å². The quantitative estimate of drug-likeness (QED) is 0.617. The van der Waals surface area contributed by atoms with Gasteiger partial charge in [0.1, 0.15) is 5.75 Å². The van der Waals surface area contributed by atoms with Crippen molar-refractivity contribution in [3.63, 3.8) is 0 Å². The number of alkyl halides is 1. The van der Waals surface area contributed by atoms with E-state index in [0.29, 0.717) is 5.33 Å². The molecule has 0 saturated heterocycles. The van der Waals surface area contributed by atoms with Crippen LogP contribution in [0.3, 0.4) is 0 Å². The van der Waals surface area contributed by atoms with E-state index in [2.05, 4.69) is 15.9 Å². The SMILES string of the molecule is COc1c(C(=O)CCBr)cccc1C(O)C(=O)O. The number of aliphatic carboxylic acids is 1. The van der Waals surface area contributed by atoms with E-state index in [1.54, 1.807) is 6.07 Å². The number of carboxylic acid groups (broad SMARTS) is 1. The highest BCUT2D eigenvalue weighted by Gasteiger charge is 2.24. The van der Waals surface area contributed by atoms with Gasteiger partial charge in [0.15, 0.2) is 11.9 Å². The van der Waals surface area contributed by atoms with E-state index in [9.17, 15) is 14.7 Å². The van der Waals surface area contributed by atoms with Gasteiger partial charge < -0.3 is 14.9 Å². The summed E-state index contributed by atoms with van der Waals surface area (Å²) in [5.74, 6) is -1.46. The Kier molecular flexibility index (Phi) is 5.30. The molecular weight excluding hydrogens is 304 g/mol. The monoisotopic (exact) mass is 316 g/mol. The summed E-state index contributed by atoms with van der Waals surface area (Å²) >= 11 is 3.16. The number of Topliss-reactive ketones (excluding diaryl/α,β-unsaturated/α-hetero) is 1. The number of halogens is 1. The number of aliphatic hydroxyl groups excluding tert-OH is 1. The molecule has 1 aromatic carbocycles. The Morgan fingerprint density at radius 2 is 2.11 bits per heavy atom. The van der Waals surface area contributed by atoms with E-state index in [1.807, 2.05) is 0 Å². The summed E-state index contributed by atoms with van der Waals surface area (Å²) in [6.07, 6.45) is -1.44. The molecule has 98 valence electrons. The van der Waals surface area contributed by atoms with E-state index < -0.39 is 12.1 Å². The second kappa shape index (κ2) is 6.51. The normalized spacial score (nSPS) is 11.9. The number of ether oxygens (including phenoxy) is 1. The predicted octanol–water partition coefficient (Wildman–Crippen LogP) is 1.78. The highest BCUT2D eigenvalue weighted by Crippen LogP contribution is 2.30. The smallest absolute Gasteiger partial charge is 0.337 e. The Hall–Kier alpha value is -1.40. The van der Waals surface area contributed by atoms with Crippen molar-refractivity contribution in [3.8, 4) is 5.75 Å². The van der Waals surface area contributed by atoms with Gasteiger partial charge in [0.25, 0.3) is 0 Å². The summed E-state index contributed by atoms with van der Waals surface area (Å²) in [5, 5.41) is 18.8. The fourth-order valence-corrected chi connectivity index (χ4v) is 1.93. The van der Waals surface area contributed by atoms with Crippen LogP contribution in [0.5, 0.6) is 5.75 Å². The van der Waals surface area contributed by atoms with Crippen LogP contribution in [0.1, 0.15) is 28.4 Å². The van der Waals surface area contributed by atoms with Crippen molar-refractivity contribution in [2.24, 2.45) is 0 Å². The fraction of sp³-hybridized carbons (Fsp3) is 0.333. The third-order valence-electron chi connectivity index (χ3n) is 2.40. The minimum atomic E-state index is -1.71. The first-order valence-corrected chi connectivity index (χ1v) is 6.32. The van der Waals surface area contributed by atoms with Crippen molar-refractivity contribution < 1.29 is 24.5 Å². The molecule has 0 bridgehead atoms. The van der Waals surface area contributed by atoms with E-state index >= 15 is 0 Å². The molecule has 1 aromatic rings. The van der Waals surface area contributed by atoms with Crippen LogP contribution in [-0.4, -0.2) is 34.4 Å². The lowest BCUT2D eigenvalue weighted by molar-refractivity contribution is -0.147. The van der Waals surface area contributed by atoms with Crippen LogP contribution in [0.4, 0.5) is 0 Å². The topological polar surface area (TPSA) is 83.8 Å². The molecule has 0 aliphatic rings. The summed E-state index contributed by atoms with van der Waals surface area (Å²) in [5.41, 5.74) is 0.347. The molecule has 1 unspecified atom stereocenters. The second-order valence-corrected chi connectivity index (χ2v) is 4.32. The zero-order chi connectivity index (χ0) is 13.7. The average molecular weight is 317 g/mol. The first-order valence-electron chi connectivity index (χ1n) is 5.19. The van der Waals surface area contributed by atoms with Gasteiger partial charge in [-0.15, -0.1) is 0 Å². The lowest BCUT2D eigenvalue weighted by Gasteiger charge is -2.14. The van der Waals surface area contributed by atoms with Gasteiger partial charge >= 0.3 is 5.97 Å².